The Morgan fingerprint density at radius 2 is 2.00 bits per heavy atom. The SMILES string of the molecule is [B]N(C)c1ccc(-c2nc3ccc(OCC(CN=O)N=O)cc3s2)cc1. The third-order valence-corrected chi connectivity index (χ3v) is 4.83. The van der Waals surface area contributed by atoms with Crippen molar-refractivity contribution in [2.75, 3.05) is 25.0 Å². The van der Waals surface area contributed by atoms with Crippen LogP contribution in [0.15, 0.2) is 52.8 Å². The van der Waals surface area contributed by atoms with E-state index in [1.807, 2.05) is 36.4 Å². The molecule has 2 aromatic carbocycles. The average Bonchev–Trinajstić information content (AvgIpc) is 3.08. The lowest BCUT2D eigenvalue weighted by atomic mass is 10.2. The fourth-order valence-corrected chi connectivity index (χ4v) is 3.35. The lowest BCUT2D eigenvalue weighted by molar-refractivity contribution is 0.291. The molecule has 130 valence electrons. The van der Waals surface area contributed by atoms with Gasteiger partial charge in [-0.3, -0.25) is 0 Å². The lowest BCUT2D eigenvalue weighted by Gasteiger charge is -2.12. The number of hydrogen-bond acceptors (Lipinski definition) is 8. The Hall–Kier alpha value is -2.81. The number of rotatable bonds is 8. The van der Waals surface area contributed by atoms with Crippen molar-refractivity contribution in [3.05, 3.63) is 52.3 Å². The Labute approximate surface area is 155 Å². The molecule has 0 aliphatic rings. The highest BCUT2D eigenvalue weighted by molar-refractivity contribution is 7.21. The molecule has 1 atom stereocenters. The highest BCUT2D eigenvalue weighted by Crippen LogP contribution is 2.33. The molecule has 1 aromatic heterocycles. The number of ether oxygens (including phenoxy) is 1. The molecular formula is C17H15BN4O3S. The molecule has 26 heavy (non-hydrogen) atoms. The van der Waals surface area contributed by atoms with Gasteiger partial charge in [0.1, 0.15) is 30.0 Å². The van der Waals surface area contributed by atoms with Crippen LogP contribution < -0.4 is 9.55 Å². The number of nitrogens with zero attached hydrogens (tertiary/aromatic N) is 4. The fourth-order valence-electron chi connectivity index (χ4n) is 2.35. The second-order valence-electron chi connectivity index (χ2n) is 5.69. The van der Waals surface area contributed by atoms with Gasteiger partial charge in [-0.05, 0) is 49.5 Å². The van der Waals surface area contributed by atoms with E-state index >= 15 is 0 Å². The summed E-state index contributed by atoms with van der Waals surface area (Å²) in [6.45, 7) is -0.176. The fraction of sp³-hybridized carbons (Fsp3) is 0.235. The number of aromatic nitrogens is 1. The number of fused-ring (bicyclic) bond motifs is 1. The van der Waals surface area contributed by atoms with E-state index in [0.717, 1.165) is 26.5 Å². The molecule has 3 rings (SSSR count). The molecule has 1 heterocycles. The molecular weight excluding hydrogens is 351 g/mol. The summed E-state index contributed by atoms with van der Waals surface area (Å²) >= 11 is 1.54. The minimum atomic E-state index is -0.778. The largest absolute Gasteiger partial charge is 0.491 e. The normalized spacial score (nSPS) is 11.9. The molecule has 0 bridgehead atoms. The molecule has 0 aliphatic heterocycles. The summed E-state index contributed by atoms with van der Waals surface area (Å²) in [6, 6.07) is 12.5. The van der Waals surface area contributed by atoms with Crippen LogP contribution in [0, 0.1) is 9.81 Å². The maximum atomic E-state index is 10.6. The van der Waals surface area contributed by atoms with Gasteiger partial charge < -0.3 is 9.55 Å². The Bertz CT molecular complexity index is 914. The zero-order valence-corrected chi connectivity index (χ0v) is 14.8. The van der Waals surface area contributed by atoms with E-state index in [1.54, 1.807) is 17.9 Å². The molecule has 0 fully saturated rings. The second kappa shape index (κ2) is 8.05. The summed E-state index contributed by atoms with van der Waals surface area (Å²) < 4.78 is 6.50. The van der Waals surface area contributed by atoms with Crippen LogP contribution in [0.1, 0.15) is 0 Å². The summed E-state index contributed by atoms with van der Waals surface area (Å²) in [4.78, 5) is 27.0. The standard InChI is InChI=1S/C17H15BN4O3S/c1-22(18)13-4-2-11(3-5-13)17-20-15-7-6-14(8-16(15)26-17)25-10-12(21-24)9-19-23/h2-8,12H,9-10H2,1H3. The molecule has 0 amide bonds. The predicted octanol–water partition coefficient (Wildman–Crippen LogP) is 3.76. The molecule has 0 aliphatic carbocycles. The van der Waals surface area contributed by atoms with Crippen LogP contribution in [0.2, 0.25) is 0 Å². The first-order valence-corrected chi connectivity index (χ1v) is 8.66. The molecule has 0 N–H and O–H groups in total. The van der Waals surface area contributed by atoms with Crippen molar-refractivity contribution in [3.8, 4) is 16.3 Å². The van der Waals surface area contributed by atoms with E-state index in [2.05, 4.69) is 15.3 Å². The quantitative estimate of drug-likeness (QED) is 0.448. The van der Waals surface area contributed by atoms with Crippen molar-refractivity contribution >= 4 is 35.2 Å². The van der Waals surface area contributed by atoms with Gasteiger partial charge in [0.05, 0.1) is 10.2 Å². The van der Waals surface area contributed by atoms with Gasteiger partial charge in [-0.2, -0.15) is 9.81 Å². The van der Waals surface area contributed by atoms with Crippen LogP contribution in [0.25, 0.3) is 20.8 Å². The topological polar surface area (TPSA) is 84.2 Å². The minimum absolute atomic E-state index is 0.0144. The molecule has 0 spiro atoms. The highest BCUT2D eigenvalue weighted by Gasteiger charge is 2.12. The number of benzene rings is 2. The first kappa shape index (κ1) is 18.0. The number of nitroso groups, excluding NO2 is 2. The summed E-state index contributed by atoms with van der Waals surface area (Å²) in [7, 11) is 7.50. The smallest absolute Gasteiger partial charge is 0.226 e. The van der Waals surface area contributed by atoms with Crippen molar-refractivity contribution in [1.82, 2.24) is 4.98 Å². The van der Waals surface area contributed by atoms with Crippen LogP contribution >= 0.6 is 11.3 Å². The lowest BCUT2D eigenvalue weighted by Crippen LogP contribution is -2.18. The predicted molar refractivity (Wildman–Crippen MR) is 105 cm³/mol. The van der Waals surface area contributed by atoms with Crippen LogP contribution in [0.4, 0.5) is 5.69 Å². The zero-order valence-electron chi connectivity index (χ0n) is 14.0. The van der Waals surface area contributed by atoms with E-state index in [1.165, 1.54) is 11.3 Å². The Balaban J connectivity index is 1.78. The second-order valence-corrected chi connectivity index (χ2v) is 6.72. The monoisotopic (exact) mass is 366 g/mol. The van der Waals surface area contributed by atoms with Gasteiger partial charge in [0, 0.05) is 11.3 Å². The number of anilines is 1. The van der Waals surface area contributed by atoms with Crippen LogP contribution in [0.5, 0.6) is 5.75 Å². The van der Waals surface area contributed by atoms with Gasteiger partial charge in [0.2, 0.25) is 7.98 Å². The van der Waals surface area contributed by atoms with Crippen molar-refractivity contribution in [2.24, 2.45) is 10.4 Å². The minimum Gasteiger partial charge on any atom is -0.491 e. The van der Waals surface area contributed by atoms with Gasteiger partial charge in [0.25, 0.3) is 0 Å². The molecule has 3 aromatic rings. The summed E-state index contributed by atoms with van der Waals surface area (Å²) in [5.41, 5.74) is 2.77. The molecule has 7 nitrogen and oxygen atoms in total. The van der Waals surface area contributed by atoms with Crippen molar-refractivity contribution < 1.29 is 4.74 Å². The van der Waals surface area contributed by atoms with Crippen molar-refractivity contribution in [1.29, 1.82) is 0 Å². The third kappa shape index (κ3) is 4.05. The van der Waals surface area contributed by atoms with Crippen LogP contribution in [0.3, 0.4) is 0 Å². The van der Waals surface area contributed by atoms with Crippen molar-refractivity contribution in [2.45, 2.75) is 6.04 Å². The van der Waals surface area contributed by atoms with E-state index < -0.39 is 6.04 Å². The number of hydrogen-bond donors (Lipinski definition) is 0. The molecule has 0 saturated carbocycles. The maximum absolute atomic E-state index is 10.6. The Morgan fingerprint density at radius 1 is 1.23 bits per heavy atom. The van der Waals surface area contributed by atoms with Crippen LogP contribution in [-0.2, 0) is 0 Å². The van der Waals surface area contributed by atoms with Gasteiger partial charge >= 0.3 is 0 Å². The van der Waals surface area contributed by atoms with E-state index in [-0.39, 0.29) is 13.2 Å². The third-order valence-electron chi connectivity index (χ3n) is 3.76. The van der Waals surface area contributed by atoms with E-state index in [4.69, 9.17) is 12.7 Å². The van der Waals surface area contributed by atoms with E-state index in [9.17, 15) is 9.81 Å². The van der Waals surface area contributed by atoms with Crippen molar-refractivity contribution in [3.63, 3.8) is 0 Å². The average molecular weight is 366 g/mol. The van der Waals surface area contributed by atoms with Gasteiger partial charge in [-0.1, -0.05) is 10.4 Å². The highest BCUT2D eigenvalue weighted by atomic mass is 32.1. The van der Waals surface area contributed by atoms with Gasteiger partial charge in [-0.25, -0.2) is 4.98 Å². The zero-order chi connectivity index (χ0) is 18.5. The summed E-state index contributed by atoms with van der Waals surface area (Å²) in [5, 5.41) is 6.40. The molecule has 0 saturated heterocycles. The first-order chi connectivity index (χ1) is 12.6. The summed E-state index contributed by atoms with van der Waals surface area (Å²) in [6.07, 6.45) is 0. The van der Waals surface area contributed by atoms with Gasteiger partial charge in [-0.15, -0.1) is 11.3 Å². The molecule has 2 radical (unpaired) electrons. The first-order valence-electron chi connectivity index (χ1n) is 7.84. The summed E-state index contributed by atoms with van der Waals surface area (Å²) in [5.74, 6) is 0.590. The molecule has 1 unspecified atom stereocenters. The molecule has 9 heteroatoms. The van der Waals surface area contributed by atoms with Gasteiger partial charge in [0.15, 0.2) is 0 Å². The van der Waals surface area contributed by atoms with Crippen LogP contribution in [-0.4, -0.2) is 39.2 Å². The Morgan fingerprint density at radius 3 is 2.65 bits per heavy atom. The number of thiazole rings is 1. The van der Waals surface area contributed by atoms with E-state index in [0.29, 0.717) is 5.75 Å². The maximum Gasteiger partial charge on any atom is 0.226 e. The Kier molecular flexibility index (Phi) is 5.57.